The number of aliphatic hydroxyl groups is 2. The maximum atomic E-state index is 14.1. The summed E-state index contributed by atoms with van der Waals surface area (Å²) in [7, 11) is 0. The molecule has 2 aromatic carbocycles. The SMILES string of the molecule is CC(=O)NCC(=O)N[C@@H](CCCN=C(N)N)C(=O)N1CCC[C@H]1C(=O)N[C@@H](CCCN=C(N)N)C(=O)N[C@H](C(=O)N[C@H](C(=O)N[C@@H](Cc1ccccc1)C(=O)N[C@@H](Cc1ccccc1)C(=O)O)[C@@H](C)O)[C@@H](C)O. The van der Waals surface area contributed by atoms with Crippen molar-refractivity contribution in [2.75, 3.05) is 26.2 Å². The zero-order valence-corrected chi connectivity index (χ0v) is 41.1. The van der Waals surface area contributed by atoms with Gasteiger partial charge in [-0.25, -0.2) is 4.79 Å². The first kappa shape index (κ1) is 59.4. The van der Waals surface area contributed by atoms with Gasteiger partial charge in [-0.1, -0.05) is 60.7 Å². The summed E-state index contributed by atoms with van der Waals surface area (Å²) in [6, 6.07) is 6.79. The predicted octanol–water partition coefficient (Wildman–Crippen LogP) is -4.54. The van der Waals surface area contributed by atoms with Crippen LogP contribution in [0.2, 0.25) is 0 Å². The van der Waals surface area contributed by atoms with E-state index in [4.69, 9.17) is 22.9 Å². The van der Waals surface area contributed by atoms with Gasteiger partial charge in [0.25, 0.3) is 0 Å². The molecule has 0 bridgehead atoms. The summed E-state index contributed by atoms with van der Waals surface area (Å²) in [6.07, 6.45) is -2.72. The Morgan fingerprint density at radius 1 is 0.630 bits per heavy atom. The van der Waals surface area contributed by atoms with E-state index in [0.717, 1.165) is 6.92 Å². The van der Waals surface area contributed by atoms with Gasteiger partial charge in [0.1, 0.15) is 42.3 Å². The number of carbonyl (C=O) groups excluding carboxylic acids is 8. The van der Waals surface area contributed by atoms with Crippen LogP contribution in [0.5, 0.6) is 0 Å². The van der Waals surface area contributed by atoms with Gasteiger partial charge in [0.15, 0.2) is 11.9 Å². The Kier molecular flexibility index (Phi) is 24.5. The highest BCUT2D eigenvalue weighted by Crippen LogP contribution is 2.21. The minimum atomic E-state index is -1.82. The largest absolute Gasteiger partial charge is 0.480 e. The van der Waals surface area contributed by atoms with Gasteiger partial charge in [0.2, 0.25) is 47.3 Å². The molecule has 0 saturated carbocycles. The topological polar surface area (TPSA) is 431 Å². The standard InChI is InChI=1S/C47H70N14O12/c1-26(62)37(42(69)57-33(23-29-13-6-4-7-14-29)40(67)58-34(45(72)73)24-30-15-8-5-9-16-30)60-43(70)38(27(2)63)59-39(66)31(17-10-20-52-46(48)49)56-41(68)35-19-12-22-61(35)44(71)32(18-11-21-53-47(50)51)55-36(65)25-54-28(3)64/h4-9,13-16,26-27,31-35,37-38,62-63H,10-12,17-25H2,1-3H3,(H,54,64)(H,55,65)(H,56,68)(H,57,69)(H,58,67)(H,59,66)(H,60,70)(H,72,73)(H4,48,49,52)(H4,50,51,53)/t26-,27-,31+,32+,33+,34+,35+,37+,38+/m1/s1. The van der Waals surface area contributed by atoms with Crippen molar-refractivity contribution in [1.29, 1.82) is 0 Å². The normalized spacial score (nSPS) is 16.2. The fourth-order valence-corrected chi connectivity index (χ4v) is 7.70. The third kappa shape index (κ3) is 20.8. The molecule has 26 nitrogen and oxygen atoms in total. The molecule has 0 radical (unpaired) electrons. The number of carboxylic acid groups (broad SMARTS) is 1. The van der Waals surface area contributed by atoms with E-state index in [1.165, 1.54) is 18.7 Å². The number of rotatable bonds is 29. The molecule has 1 fully saturated rings. The molecule has 1 aliphatic rings. The smallest absolute Gasteiger partial charge is 0.326 e. The molecular formula is C47H70N14O12. The molecule has 73 heavy (non-hydrogen) atoms. The number of aliphatic imine (C=N–C) groups is 2. The number of aliphatic carboxylic acids is 1. The molecule has 0 spiro atoms. The highest BCUT2D eigenvalue weighted by molar-refractivity contribution is 5.98. The summed E-state index contributed by atoms with van der Waals surface area (Å²) in [5, 5.41) is 48.9. The van der Waals surface area contributed by atoms with Crippen LogP contribution in [0.1, 0.15) is 70.4 Å². The number of aliphatic hydroxyl groups excluding tert-OH is 2. The molecule has 0 aliphatic carbocycles. The van der Waals surface area contributed by atoms with Gasteiger partial charge < -0.3 is 80.4 Å². The molecule has 1 saturated heterocycles. The maximum Gasteiger partial charge on any atom is 0.326 e. The first-order valence-corrected chi connectivity index (χ1v) is 23.7. The van der Waals surface area contributed by atoms with Crippen LogP contribution in [0.15, 0.2) is 70.6 Å². The molecule has 3 rings (SSSR count). The number of carbonyl (C=O) groups is 9. The van der Waals surface area contributed by atoms with E-state index in [2.05, 4.69) is 47.2 Å². The van der Waals surface area contributed by atoms with E-state index in [1.807, 2.05) is 0 Å². The highest BCUT2D eigenvalue weighted by atomic mass is 16.4. The van der Waals surface area contributed by atoms with Crippen molar-refractivity contribution >= 4 is 65.1 Å². The zero-order valence-electron chi connectivity index (χ0n) is 41.1. The van der Waals surface area contributed by atoms with E-state index in [0.29, 0.717) is 17.5 Å². The van der Waals surface area contributed by atoms with Gasteiger partial charge in [0.05, 0.1) is 18.8 Å². The molecule has 2 aromatic rings. The molecule has 400 valence electrons. The Labute approximate surface area is 422 Å². The molecule has 1 heterocycles. The Morgan fingerprint density at radius 2 is 1.10 bits per heavy atom. The van der Waals surface area contributed by atoms with Crippen LogP contribution in [-0.2, 0) is 56.0 Å². The second-order valence-electron chi connectivity index (χ2n) is 17.5. The van der Waals surface area contributed by atoms with Crippen molar-refractivity contribution in [3.8, 4) is 0 Å². The number of nitrogens with one attached hydrogen (secondary N) is 7. The van der Waals surface area contributed by atoms with Crippen molar-refractivity contribution in [3.63, 3.8) is 0 Å². The predicted molar refractivity (Wildman–Crippen MR) is 266 cm³/mol. The Balaban J connectivity index is 1.84. The quantitative estimate of drug-likeness (QED) is 0.0207. The Bertz CT molecular complexity index is 2260. The molecule has 0 aromatic heterocycles. The molecule has 26 heteroatoms. The van der Waals surface area contributed by atoms with Gasteiger partial charge in [-0.05, 0) is 63.5 Å². The Hall–Kier alpha value is -7.87. The van der Waals surface area contributed by atoms with Crippen molar-refractivity contribution in [2.45, 2.75) is 127 Å². The second kappa shape index (κ2) is 30.1. The van der Waals surface area contributed by atoms with Crippen LogP contribution < -0.4 is 60.2 Å². The van der Waals surface area contributed by atoms with Crippen LogP contribution in [0.4, 0.5) is 0 Å². The average molecular weight is 1020 g/mol. The van der Waals surface area contributed by atoms with Crippen LogP contribution in [0.3, 0.4) is 0 Å². The van der Waals surface area contributed by atoms with Crippen molar-refractivity contribution in [1.82, 2.24) is 42.1 Å². The number of carboxylic acids is 1. The third-order valence-corrected chi connectivity index (χ3v) is 11.4. The lowest BCUT2D eigenvalue weighted by molar-refractivity contribution is -0.142. The fraction of sp³-hybridized carbons (Fsp3) is 0.511. The molecule has 0 unspecified atom stereocenters. The summed E-state index contributed by atoms with van der Waals surface area (Å²) >= 11 is 0. The first-order valence-electron chi connectivity index (χ1n) is 23.7. The second-order valence-corrected chi connectivity index (χ2v) is 17.5. The number of hydrogen-bond acceptors (Lipinski definition) is 13. The number of nitrogens with zero attached hydrogens (tertiary/aromatic N) is 3. The number of likely N-dealkylation sites (tertiary alicyclic amines) is 1. The lowest BCUT2D eigenvalue weighted by Gasteiger charge is -2.31. The van der Waals surface area contributed by atoms with Crippen LogP contribution in [0, 0.1) is 0 Å². The van der Waals surface area contributed by atoms with E-state index in [9.17, 15) is 58.5 Å². The number of guanidine groups is 2. The van der Waals surface area contributed by atoms with Gasteiger partial charge >= 0.3 is 5.97 Å². The van der Waals surface area contributed by atoms with E-state index >= 15 is 0 Å². The third-order valence-electron chi connectivity index (χ3n) is 11.4. The minimum Gasteiger partial charge on any atom is -0.480 e. The molecule has 1 aliphatic heterocycles. The number of amides is 8. The lowest BCUT2D eigenvalue weighted by Crippen LogP contribution is -2.63. The van der Waals surface area contributed by atoms with Crippen molar-refractivity contribution in [2.24, 2.45) is 32.9 Å². The van der Waals surface area contributed by atoms with Crippen molar-refractivity contribution < 1.29 is 58.5 Å². The van der Waals surface area contributed by atoms with E-state index in [1.54, 1.807) is 60.7 Å². The maximum absolute atomic E-state index is 14.1. The molecule has 8 amide bonds. The van der Waals surface area contributed by atoms with Gasteiger partial charge in [-0.15, -0.1) is 0 Å². The highest BCUT2D eigenvalue weighted by Gasteiger charge is 2.40. The average Bonchev–Trinajstić information content (AvgIpc) is 3.83. The van der Waals surface area contributed by atoms with E-state index in [-0.39, 0.29) is 76.5 Å². The lowest BCUT2D eigenvalue weighted by atomic mass is 10.0. The molecule has 9 atom stereocenters. The first-order chi connectivity index (χ1) is 34.6. The van der Waals surface area contributed by atoms with Crippen LogP contribution in [-0.4, -0.2) is 166 Å². The van der Waals surface area contributed by atoms with Gasteiger partial charge in [-0.2, -0.15) is 0 Å². The monoisotopic (exact) mass is 1020 g/mol. The van der Waals surface area contributed by atoms with E-state index < -0.39 is 114 Å². The number of benzene rings is 2. The van der Waals surface area contributed by atoms with Gasteiger partial charge in [0, 0.05) is 39.4 Å². The van der Waals surface area contributed by atoms with Gasteiger partial charge in [-0.3, -0.25) is 48.3 Å². The van der Waals surface area contributed by atoms with Crippen LogP contribution in [0.25, 0.3) is 0 Å². The van der Waals surface area contributed by atoms with Crippen LogP contribution >= 0.6 is 0 Å². The van der Waals surface area contributed by atoms with Crippen molar-refractivity contribution in [3.05, 3.63) is 71.8 Å². The number of hydrogen-bond donors (Lipinski definition) is 14. The molecular weight excluding hydrogens is 953 g/mol. The zero-order chi connectivity index (χ0) is 54.2. The fourth-order valence-electron chi connectivity index (χ4n) is 7.70. The summed E-state index contributed by atoms with van der Waals surface area (Å²) in [6.45, 7) is 3.34. The summed E-state index contributed by atoms with van der Waals surface area (Å²) < 4.78 is 0. The molecule has 18 N–H and O–H groups in total. The Morgan fingerprint density at radius 3 is 1.59 bits per heavy atom. The summed E-state index contributed by atoms with van der Waals surface area (Å²) in [5.74, 6) is -8.43. The summed E-state index contributed by atoms with van der Waals surface area (Å²) in [4.78, 5) is 129. The minimum absolute atomic E-state index is 0.00845. The summed E-state index contributed by atoms with van der Waals surface area (Å²) in [5.41, 5.74) is 23.0. The number of nitrogens with two attached hydrogens (primary N) is 4.